The number of likely N-dealkylation sites (tertiary alicyclic amines) is 1. The number of methoxy groups -OCH3 is 1. The summed E-state index contributed by atoms with van der Waals surface area (Å²) in [5.41, 5.74) is 1.61. The largest absolute Gasteiger partial charge is 0.481 e. The Labute approximate surface area is 157 Å². The molecule has 1 amide bonds. The van der Waals surface area contributed by atoms with Gasteiger partial charge < -0.3 is 15.0 Å². The van der Waals surface area contributed by atoms with E-state index < -0.39 is 0 Å². The van der Waals surface area contributed by atoms with Gasteiger partial charge in [-0.3, -0.25) is 9.78 Å². The van der Waals surface area contributed by atoms with Crippen molar-refractivity contribution in [3.63, 3.8) is 0 Å². The van der Waals surface area contributed by atoms with Crippen LogP contribution >= 0.6 is 0 Å². The molecule has 1 aliphatic rings. The van der Waals surface area contributed by atoms with E-state index in [-0.39, 0.29) is 11.9 Å². The first-order valence-electron chi connectivity index (χ1n) is 8.99. The van der Waals surface area contributed by atoms with Crippen molar-refractivity contribution >= 4 is 22.6 Å². The zero-order chi connectivity index (χ0) is 18.6. The SMILES string of the molecule is COc1cc(NC2CCN(C(=O)c3ccc4ncccc4c3)CC2)ncn1. The number of nitrogens with one attached hydrogen (secondary N) is 1. The summed E-state index contributed by atoms with van der Waals surface area (Å²) in [5, 5.41) is 4.39. The molecule has 27 heavy (non-hydrogen) atoms. The predicted octanol–water partition coefficient (Wildman–Crippen LogP) is 2.75. The smallest absolute Gasteiger partial charge is 0.253 e. The van der Waals surface area contributed by atoms with E-state index in [4.69, 9.17) is 4.74 Å². The lowest BCUT2D eigenvalue weighted by Crippen LogP contribution is -2.42. The van der Waals surface area contributed by atoms with Crippen LogP contribution in [0.2, 0.25) is 0 Å². The molecule has 3 heterocycles. The molecule has 0 atom stereocenters. The monoisotopic (exact) mass is 363 g/mol. The Kier molecular flexibility index (Phi) is 4.82. The third kappa shape index (κ3) is 3.81. The van der Waals surface area contributed by atoms with E-state index in [0.29, 0.717) is 24.5 Å². The summed E-state index contributed by atoms with van der Waals surface area (Å²) in [6.45, 7) is 1.42. The van der Waals surface area contributed by atoms with Crippen LogP contribution in [0.25, 0.3) is 10.9 Å². The van der Waals surface area contributed by atoms with Crippen molar-refractivity contribution in [2.45, 2.75) is 18.9 Å². The quantitative estimate of drug-likeness (QED) is 0.768. The highest BCUT2D eigenvalue weighted by Gasteiger charge is 2.24. The summed E-state index contributed by atoms with van der Waals surface area (Å²) >= 11 is 0. The van der Waals surface area contributed by atoms with E-state index in [2.05, 4.69) is 20.3 Å². The first-order chi connectivity index (χ1) is 13.2. The van der Waals surface area contributed by atoms with Gasteiger partial charge in [0.25, 0.3) is 5.91 Å². The van der Waals surface area contributed by atoms with Crippen LogP contribution in [-0.2, 0) is 0 Å². The summed E-state index contributed by atoms with van der Waals surface area (Å²) in [4.78, 5) is 27.3. The van der Waals surface area contributed by atoms with Crippen molar-refractivity contribution in [2.24, 2.45) is 0 Å². The number of carbonyl (C=O) groups is 1. The first-order valence-corrected chi connectivity index (χ1v) is 8.99. The summed E-state index contributed by atoms with van der Waals surface area (Å²) in [6, 6.07) is 11.6. The molecular weight excluding hydrogens is 342 g/mol. The number of hydrogen-bond donors (Lipinski definition) is 1. The number of pyridine rings is 1. The first kappa shape index (κ1) is 17.2. The van der Waals surface area contributed by atoms with E-state index in [1.54, 1.807) is 19.4 Å². The van der Waals surface area contributed by atoms with Gasteiger partial charge in [-0.05, 0) is 37.1 Å². The fourth-order valence-electron chi connectivity index (χ4n) is 3.36. The number of piperidine rings is 1. The van der Waals surface area contributed by atoms with Gasteiger partial charge in [-0.1, -0.05) is 6.07 Å². The number of carbonyl (C=O) groups excluding carboxylic acids is 1. The van der Waals surface area contributed by atoms with Crippen LogP contribution in [0.1, 0.15) is 23.2 Å². The molecule has 0 aliphatic carbocycles. The standard InChI is InChI=1S/C20H21N5O2/c1-27-19-12-18(22-13-23-19)24-16-6-9-25(10-7-16)20(26)15-4-5-17-14(11-15)3-2-8-21-17/h2-5,8,11-13,16H,6-7,9-10H2,1H3,(H,22,23,24). The fraction of sp³-hybridized carbons (Fsp3) is 0.300. The van der Waals surface area contributed by atoms with Crippen LogP contribution in [0.3, 0.4) is 0 Å². The normalized spacial score (nSPS) is 14.9. The van der Waals surface area contributed by atoms with Gasteiger partial charge in [0.2, 0.25) is 5.88 Å². The molecule has 0 bridgehead atoms. The van der Waals surface area contributed by atoms with E-state index >= 15 is 0 Å². The minimum Gasteiger partial charge on any atom is -0.481 e. The highest BCUT2D eigenvalue weighted by molar-refractivity contribution is 5.98. The van der Waals surface area contributed by atoms with Gasteiger partial charge in [-0.2, -0.15) is 0 Å². The molecule has 1 aliphatic heterocycles. The molecule has 1 N–H and O–H groups in total. The van der Waals surface area contributed by atoms with Crippen molar-refractivity contribution in [2.75, 3.05) is 25.5 Å². The minimum absolute atomic E-state index is 0.0721. The highest BCUT2D eigenvalue weighted by Crippen LogP contribution is 2.20. The van der Waals surface area contributed by atoms with Gasteiger partial charge in [0.05, 0.1) is 12.6 Å². The molecule has 138 valence electrons. The maximum atomic E-state index is 12.8. The van der Waals surface area contributed by atoms with Crippen molar-refractivity contribution in [1.82, 2.24) is 19.9 Å². The second-order valence-electron chi connectivity index (χ2n) is 6.57. The number of hydrogen-bond acceptors (Lipinski definition) is 6. The molecule has 4 rings (SSSR count). The third-order valence-electron chi connectivity index (χ3n) is 4.84. The average molecular weight is 363 g/mol. The molecule has 1 saturated heterocycles. The lowest BCUT2D eigenvalue weighted by molar-refractivity contribution is 0.0718. The van der Waals surface area contributed by atoms with Crippen molar-refractivity contribution in [3.05, 3.63) is 54.5 Å². The van der Waals surface area contributed by atoms with Crippen LogP contribution in [0.15, 0.2) is 48.9 Å². The molecule has 7 heteroatoms. The number of fused-ring (bicyclic) bond motifs is 1. The van der Waals surface area contributed by atoms with Gasteiger partial charge in [-0.15, -0.1) is 0 Å². The predicted molar refractivity (Wildman–Crippen MR) is 103 cm³/mol. The van der Waals surface area contributed by atoms with Crippen molar-refractivity contribution in [3.8, 4) is 5.88 Å². The number of ether oxygens (including phenoxy) is 1. The van der Waals surface area contributed by atoms with E-state index in [0.717, 1.165) is 29.6 Å². The Morgan fingerprint density at radius 2 is 2.00 bits per heavy atom. The molecule has 0 radical (unpaired) electrons. The Morgan fingerprint density at radius 3 is 2.81 bits per heavy atom. The molecular formula is C20H21N5O2. The second kappa shape index (κ2) is 7.57. The molecule has 7 nitrogen and oxygen atoms in total. The Balaban J connectivity index is 1.38. The molecule has 3 aromatic rings. The highest BCUT2D eigenvalue weighted by atomic mass is 16.5. The maximum absolute atomic E-state index is 12.8. The van der Waals surface area contributed by atoms with Gasteiger partial charge >= 0.3 is 0 Å². The lowest BCUT2D eigenvalue weighted by atomic mass is 10.0. The summed E-state index contributed by atoms with van der Waals surface area (Å²) < 4.78 is 5.12. The van der Waals surface area contributed by atoms with E-state index in [1.165, 1.54) is 6.33 Å². The summed E-state index contributed by atoms with van der Waals surface area (Å²) in [7, 11) is 1.58. The van der Waals surface area contributed by atoms with Crippen molar-refractivity contribution < 1.29 is 9.53 Å². The summed E-state index contributed by atoms with van der Waals surface area (Å²) in [6.07, 6.45) is 4.98. The third-order valence-corrected chi connectivity index (χ3v) is 4.84. The van der Waals surface area contributed by atoms with Gasteiger partial charge in [0.15, 0.2) is 0 Å². The van der Waals surface area contributed by atoms with Crippen LogP contribution in [0.5, 0.6) is 5.88 Å². The van der Waals surface area contributed by atoms with Crippen LogP contribution in [0.4, 0.5) is 5.82 Å². The summed E-state index contributed by atoms with van der Waals surface area (Å²) in [5.74, 6) is 1.35. The van der Waals surface area contributed by atoms with Gasteiger partial charge in [0.1, 0.15) is 12.1 Å². The molecule has 0 spiro atoms. The molecule has 2 aromatic heterocycles. The van der Waals surface area contributed by atoms with E-state index in [9.17, 15) is 4.79 Å². The number of amides is 1. The van der Waals surface area contributed by atoms with Crippen LogP contribution in [-0.4, -0.2) is 52.0 Å². The maximum Gasteiger partial charge on any atom is 0.253 e. The molecule has 1 fully saturated rings. The van der Waals surface area contributed by atoms with Gasteiger partial charge in [-0.25, -0.2) is 9.97 Å². The number of anilines is 1. The zero-order valence-corrected chi connectivity index (χ0v) is 15.1. The zero-order valence-electron chi connectivity index (χ0n) is 15.1. The number of rotatable bonds is 4. The fourth-order valence-corrected chi connectivity index (χ4v) is 3.36. The molecule has 0 saturated carbocycles. The van der Waals surface area contributed by atoms with Crippen LogP contribution < -0.4 is 10.1 Å². The average Bonchev–Trinajstić information content (AvgIpc) is 2.73. The number of benzene rings is 1. The minimum atomic E-state index is 0.0721. The topological polar surface area (TPSA) is 80.2 Å². The Morgan fingerprint density at radius 1 is 1.15 bits per heavy atom. The molecule has 0 unspecified atom stereocenters. The van der Waals surface area contributed by atoms with Crippen LogP contribution in [0, 0.1) is 0 Å². The molecule has 1 aromatic carbocycles. The number of nitrogens with zero attached hydrogens (tertiary/aromatic N) is 4. The second-order valence-corrected chi connectivity index (χ2v) is 6.57. The number of aromatic nitrogens is 3. The van der Waals surface area contributed by atoms with Gasteiger partial charge in [0, 0.05) is 42.3 Å². The van der Waals surface area contributed by atoms with Crippen molar-refractivity contribution in [1.29, 1.82) is 0 Å². The lowest BCUT2D eigenvalue weighted by Gasteiger charge is -2.32. The Hall–Kier alpha value is -3.22. The van der Waals surface area contributed by atoms with E-state index in [1.807, 2.05) is 35.2 Å². The Bertz CT molecular complexity index is 954.